The lowest BCUT2D eigenvalue weighted by molar-refractivity contribution is -0.150. The van der Waals surface area contributed by atoms with Gasteiger partial charge in [0.15, 0.2) is 0 Å². The number of ether oxygens (including phenoxy) is 1. The van der Waals surface area contributed by atoms with Crippen LogP contribution < -0.4 is 0 Å². The molecule has 3 nitrogen and oxygen atoms in total. The maximum absolute atomic E-state index is 12.6. The van der Waals surface area contributed by atoms with Gasteiger partial charge in [-0.2, -0.15) is 0 Å². The molecule has 276 valence electrons. The molecule has 1 unspecified atom stereocenters. The first-order valence-electron chi connectivity index (χ1n) is 20.3. The molecule has 0 aromatic heterocycles. The number of nitrogens with zero attached hydrogens (tertiary/aromatic N) is 1. The van der Waals surface area contributed by atoms with E-state index in [4.69, 9.17) is 4.74 Å². The van der Waals surface area contributed by atoms with Crippen LogP contribution in [0.3, 0.4) is 0 Å². The summed E-state index contributed by atoms with van der Waals surface area (Å²) in [6.45, 7) is 5.54. The van der Waals surface area contributed by atoms with Gasteiger partial charge < -0.3 is 9.64 Å². The van der Waals surface area contributed by atoms with E-state index in [1.165, 1.54) is 83.5 Å². The first kappa shape index (κ1) is 45.9. The molecule has 0 bridgehead atoms. The van der Waals surface area contributed by atoms with Crippen LogP contribution >= 0.6 is 0 Å². The SMILES string of the molecule is CCCCC/C=C\C/C=C\C/C=C\CCCCCCC(CCCCC/C=C\C/C=C\C/C=C\CCCCC)OC(=O)CCCCN(C)C. The van der Waals surface area contributed by atoms with E-state index < -0.39 is 0 Å². The van der Waals surface area contributed by atoms with Crippen LogP contribution in [-0.2, 0) is 9.53 Å². The normalized spacial score (nSPS) is 13.3. The van der Waals surface area contributed by atoms with Gasteiger partial charge in [-0.3, -0.25) is 4.79 Å². The van der Waals surface area contributed by atoms with Crippen molar-refractivity contribution in [2.45, 2.75) is 187 Å². The Morgan fingerprint density at radius 2 is 0.854 bits per heavy atom. The molecule has 0 amide bonds. The first-order valence-corrected chi connectivity index (χ1v) is 20.3. The fraction of sp³-hybridized carbons (Fsp3) is 0.711. The van der Waals surface area contributed by atoms with E-state index in [-0.39, 0.29) is 12.1 Å². The van der Waals surface area contributed by atoms with Crippen molar-refractivity contribution < 1.29 is 9.53 Å². The summed E-state index contributed by atoms with van der Waals surface area (Å²) in [7, 11) is 4.17. The fourth-order valence-electron chi connectivity index (χ4n) is 5.58. The Morgan fingerprint density at radius 3 is 1.27 bits per heavy atom. The van der Waals surface area contributed by atoms with Gasteiger partial charge in [-0.05, 0) is 136 Å². The monoisotopic (exact) mass is 666 g/mol. The zero-order valence-electron chi connectivity index (χ0n) is 32.4. The topological polar surface area (TPSA) is 29.5 Å². The van der Waals surface area contributed by atoms with E-state index in [1.54, 1.807) is 0 Å². The molecule has 0 saturated heterocycles. The number of hydrogen-bond donors (Lipinski definition) is 0. The molecule has 0 heterocycles. The molecule has 48 heavy (non-hydrogen) atoms. The molecule has 1 atom stereocenters. The van der Waals surface area contributed by atoms with E-state index in [0.29, 0.717) is 6.42 Å². The standard InChI is InChI=1S/C45H79NO2/c1-5-7-9-11-13-15-17-19-21-23-25-27-29-31-33-35-37-41-44(48-45(47)42-38-39-43-46(3)4)40-36-34-32-30-28-26-24-22-20-18-16-14-12-10-8-6-2/h13-16,19-22,25-28,44H,5-12,17-18,23-24,29-43H2,1-4H3/b15-13-,16-14-,21-19-,22-20-,27-25-,28-26-. The highest BCUT2D eigenvalue weighted by atomic mass is 16.5. The zero-order chi connectivity index (χ0) is 35.0. The Hall–Kier alpha value is -2.13. The van der Waals surface area contributed by atoms with Crippen molar-refractivity contribution in [1.29, 1.82) is 0 Å². The van der Waals surface area contributed by atoms with Gasteiger partial charge >= 0.3 is 5.97 Å². The first-order chi connectivity index (χ1) is 23.6. The van der Waals surface area contributed by atoms with E-state index >= 15 is 0 Å². The van der Waals surface area contributed by atoms with Gasteiger partial charge in [-0.15, -0.1) is 0 Å². The Kier molecular flexibility index (Phi) is 37.6. The molecule has 0 radical (unpaired) electrons. The number of esters is 1. The maximum atomic E-state index is 12.6. The van der Waals surface area contributed by atoms with E-state index in [2.05, 4.69) is 106 Å². The molecular formula is C45H79NO2. The number of carbonyl (C=O) groups excluding carboxylic acids is 1. The molecule has 0 aromatic carbocycles. The lowest BCUT2D eigenvalue weighted by atomic mass is 10.0. The van der Waals surface area contributed by atoms with Crippen molar-refractivity contribution in [3.05, 3.63) is 72.9 Å². The minimum atomic E-state index is 0.00362. The average molecular weight is 666 g/mol. The predicted molar refractivity (Wildman–Crippen MR) is 215 cm³/mol. The molecule has 0 N–H and O–H groups in total. The molecule has 3 heteroatoms. The summed E-state index contributed by atoms with van der Waals surface area (Å²) in [6, 6.07) is 0. The number of carbonyl (C=O) groups is 1. The lowest BCUT2D eigenvalue weighted by Gasteiger charge is -2.18. The number of rotatable bonds is 35. The van der Waals surface area contributed by atoms with Gasteiger partial charge in [0.25, 0.3) is 0 Å². The fourth-order valence-corrected chi connectivity index (χ4v) is 5.58. The van der Waals surface area contributed by atoms with Crippen molar-refractivity contribution in [3.8, 4) is 0 Å². The van der Waals surface area contributed by atoms with Gasteiger partial charge in [0.05, 0.1) is 0 Å². The van der Waals surface area contributed by atoms with Crippen LogP contribution in [-0.4, -0.2) is 37.6 Å². The van der Waals surface area contributed by atoms with E-state index in [0.717, 1.165) is 83.6 Å². The van der Waals surface area contributed by atoms with Gasteiger partial charge in [-0.25, -0.2) is 0 Å². The third-order valence-corrected chi connectivity index (χ3v) is 8.62. The summed E-state index contributed by atoms with van der Waals surface area (Å²) in [6.07, 6.45) is 57.5. The smallest absolute Gasteiger partial charge is 0.306 e. The summed E-state index contributed by atoms with van der Waals surface area (Å²) < 4.78 is 6.01. The van der Waals surface area contributed by atoms with Crippen molar-refractivity contribution in [2.75, 3.05) is 20.6 Å². The van der Waals surface area contributed by atoms with Crippen LogP contribution in [0.2, 0.25) is 0 Å². The molecule has 0 aliphatic heterocycles. The van der Waals surface area contributed by atoms with Crippen molar-refractivity contribution in [2.24, 2.45) is 0 Å². The van der Waals surface area contributed by atoms with Crippen molar-refractivity contribution in [1.82, 2.24) is 4.90 Å². The second-order valence-electron chi connectivity index (χ2n) is 13.8. The highest BCUT2D eigenvalue weighted by molar-refractivity contribution is 5.69. The molecule has 0 aromatic rings. The highest BCUT2D eigenvalue weighted by Crippen LogP contribution is 2.17. The second kappa shape index (κ2) is 39.3. The van der Waals surface area contributed by atoms with Crippen molar-refractivity contribution in [3.63, 3.8) is 0 Å². The summed E-state index contributed by atoms with van der Waals surface area (Å²) in [5, 5.41) is 0. The van der Waals surface area contributed by atoms with Crippen LogP contribution in [0.25, 0.3) is 0 Å². The number of unbranched alkanes of at least 4 members (excludes halogenated alkanes) is 14. The Labute approximate surface area is 300 Å². The third-order valence-electron chi connectivity index (χ3n) is 8.62. The summed E-state index contributed by atoms with van der Waals surface area (Å²) in [5.74, 6) is 0.00362. The largest absolute Gasteiger partial charge is 0.462 e. The quantitative estimate of drug-likeness (QED) is 0.0383. The maximum Gasteiger partial charge on any atom is 0.306 e. The zero-order valence-corrected chi connectivity index (χ0v) is 32.4. The lowest BCUT2D eigenvalue weighted by Crippen LogP contribution is -2.19. The van der Waals surface area contributed by atoms with Crippen molar-refractivity contribution >= 4 is 5.97 Å². The Bertz CT molecular complexity index is 847. The van der Waals surface area contributed by atoms with Crippen LogP contribution in [0, 0.1) is 0 Å². The number of hydrogen-bond acceptors (Lipinski definition) is 3. The van der Waals surface area contributed by atoms with Gasteiger partial charge in [0, 0.05) is 6.42 Å². The summed E-state index contributed by atoms with van der Waals surface area (Å²) >= 11 is 0. The molecule has 0 fully saturated rings. The third kappa shape index (κ3) is 38.3. The van der Waals surface area contributed by atoms with Crippen LogP contribution in [0.1, 0.15) is 181 Å². The molecule has 0 spiro atoms. The molecule has 0 saturated carbocycles. The van der Waals surface area contributed by atoms with Gasteiger partial charge in [0.1, 0.15) is 6.10 Å². The van der Waals surface area contributed by atoms with E-state index in [9.17, 15) is 4.79 Å². The molecular weight excluding hydrogens is 587 g/mol. The summed E-state index contributed by atoms with van der Waals surface area (Å²) in [4.78, 5) is 14.8. The highest BCUT2D eigenvalue weighted by Gasteiger charge is 2.14. The Balaban J connectivity index is 4.17. The summed E-state index contributed by atoms with van der Waals surface area (Å²) in [5.41, 5.74) is 0. The second-order valence-corrected chi connectivity index (χ2v) is 13.8. The van der Waals surface area contributed by atoms with Gasteiger partial charge in [0.2, 0.25) is 0 Å². The minimum absolute atomic E-state index is 0.00362. The van der Waals surface area contributed by atoms with Crippen LogP contribution in [0.5, 0.6) is 0 Å². The predicted octanol–water partition coefficient (Wildman–Crippen LogP) is 14.0. The minimum Gasteiger partial charge on any atom is -0.462 e. The Morgan fingerprint density at radius 1 is 0.479 bits per heavy atom. The molecule has 0 rings (SSSR count). The average Bonchev–Trinajstić information content (AvgIpc) is 3.07. The van der Waals surface area contributed by atoms with Crippen LogP contribution in [0.15, 0.2) is 72.9 Å². The van der Waals surface area contributed by atoms with E-state index in [1.807, 2.05) is 0 Å². The molecule has 0 aliphatic rings. The van der Waals surface area contributed by atoms with Gasteiger partial charge in [-0.1, -0.05) is 132 Å². The van der Waals surface area contributed by atoms with Crippen LogP contribution in [0.4, 0.5) is 0 Å². The molecule has 0 aliphatic carbocycles. The number of allylic oxidation sites excluding steroid dienone is 12.